The van der Waals surface area contributed by atoms with Crippen molar-refractivity contribution in [2.75, 3.05) is 18.5 Å². The molecule has 0 amide bonds. The van der Waals surface area contributed by atoms with Gasteiger partial charge in [0.05, 0.1) is 18.8 Å². The van der Waals surface area contributed by atoms with Crippen LogP contribution < -0.4 is 10.1 Å². The van der Waals surface area contributed by atoms with Crippen LogP contribution in [0.15, 0.2) is 24.3 Å². The van der Waals surface area contributed by atoms with Gasteiger partial charge in [-0.25, -0.2) is 0 Å². The number of anilines is 1. The van der Waals surface area contributed by atoms with E-state index in [0.29, 0.717) is 6.04 Å². The Hall–Kier alpha value is -1.22. The van der Waals surface area contributed by atoms with Crippen LogP contribution in [-0.2, 0) is 4.74 Å². The molecule has 0 aromatic heterocycles. The minimum absolute atomic E-state index is 0.264. The minimum Gasteiger partial charge on any atom is -0.491 e. The number of rotatable bonds is 5. The molecule has 1 aliphatic rings. The Bertz CT molecular complexity index is 348. The van der Waals surface area contributed by atoms with Gasteiger partial charge in [-0.2, -0.15) is 0 Å². The van der Waals surface area contributed by atoms with Crippen molar-refractivity contribution in [2.24, 2.45) is 0 Å². The van der Waals surface area contributed by atoms with Gasteiger partial charge in [0.25, 0.3) is 0 Å². The van der Waals surface area contributed by atoms with Gasteiger partial charge in [0.15, 0.2) is 0 Å². The van der Waals surface area contributed by atoms with Crippen LogP contribution in [0.1, 0.15) is 26.7 Å². The summed E-state index contributed by atoms with van der Waals surface area (Å²) in [7, 11) is 0. The predicted octanol–water partition coefficient (Wildman–Crippen LogP) is 3.06. The molecule has 2 atom stereocenters. The van der Waals surface area contributed by atoms with Crippen molar-refractivity contribution >= 4 is 5.69 Å². The molecule has 0 radical (unpaired) electrons. The molecule has 3 nitrogen and oxygen atoms in total. The third-order valence-electron chi connectivity index (χ3n) is 3.05. The van der Waals surface area contributed by atoms with E-state index >= 15 is 0 Å². The second kappa shape index (κ2) is 5.92. The zero-order valence-electron chi connectivity index (χ0n) is 10.6. The van der Waals surface area contributed by atoms with E-state index in [9.17, 15) is 0 Å². The van der Waals surface area contributed by atoms with Gasteiger partial charge in [-0.05, 0) is 31.9 Å². The Morgan fingerprint density at radius 2 is 2.41 bits per heavy atom. The van der Waals surface area contributed by atoms with Crippen LogP contribution >= 0.6 is 0 Å². The second-order valence-electron chi connectivity index (χ2n) is 4.57. The maximum atomic E-state index is 5.80. The number of benzene rings is 1. The Morgan fingerprint density at radius 3 is 3.12 bits per heavy atom. The van der Waals surface area contributed by atoms with Crippen molar-refractivity contribution in [1.29, 1.82) is 0 Å². The zero-order valence-corrected chi connectivity index (χ0v) is 10.6. The first-order valence-corrected chi connectivity index (χ1v) is 6.39. The fourth-order valence-electron chi connectivity index (χ4n) is 1.86. The van der Waals surface area contributed by atoms with Gasteiger partial charge in [0.1, 0.15) is 5.75 Å². The molecule has 0 saturated carbocycles. The quantitative estimate of drug-likeness (QED) is 0.850. The largest absolute Gasteiger partial charge is 0.491 e. The van der Waals surface area contributed by atoms with Crippen LogP contribution in [0.2, 0.25) is 0 Å². The van der Waals surface area contributed by atoms with Gasteiger partial charge in [0.2, 0.25) is 0 Å². The van der Waals surface area contributed by atoms with E-state index in [0.717, 1.165) is 37.5 Å². The third-order valence-corrected chi connectivity index (χ3v) is 3.05. The fourth-order valence-corrected chi connectivity index (χ4v) is 1.86. The molecular weight excluding hydrogens is 214 g/mol. The van der Waals surface area contributed by atoms with Crippen molar-refractivity contribution in [3.63, 3.8) is 0 Å². The summed E-state index contributed by atoms with van der Waals surface area (Å²) in [6.07, 6.45) is 2.37. The van der Waals surface area contributed by atoms with Gasteiger partial charge in [-0.15, -0.1) is 0 Å². The van der Waals surface area contributed by atoms with Gasteiger partial charge in [0, 0.05) is 18.4 Å². The molecule has 1 saturated heterocycles. The lowest BCUT2D eigenvalue weighted by Gasteiger charge is -2.16. The highest BCUT2D eigenvalue weighted by Gasteiger charge is 2.15. The SMILES string of the molecule is CC[C@H](C)Oc1cccc(N[C@H]2CCOC2)c1. The molecule has 1 aliphatic heterocycles. The van der Waals surface area contributed by atoms with Crippen LogP contribution in [0.4, 0.5) is 5.69 Å². The summed E-state index contributed by atoms with van der Waals surface area (Å²) in [5.41, 5.74) is 1.11. The van der Waals surface area contributed by atoms with Crippen molar-refractivity contribution < 1.29 is 9.47 Å². The maximum Gasteiger partial charge on any atom is 0.121 e. The number of hydrogen-bond donors (Lipinski definition) is 1. The summed E-state index contributed by atoms with van der Waals surface area (Å²) in [6, 6.07) is 8.60. The fraction of sp³-hybridized carbons (Fsp3) is 0.571. The van der Waals surface area contributed by atoms with E-state index in [-0.39, 0.29) is 6.10 Å². The number of ether oxygens (including phenoxy) is 2. The normalized spacial score (nSPS) is 21.2. The van der Waals surface area contributed by atoms with Gasteiger partial charge >= 0.3 is 0 Å². The van der Waals surface area contributed by atoms with Crippen LogP contribution in [0, 0.1) is 0 Å². The summed E-state index contributed by atoms with van der Waals surface area (Å²) < 4.78 is 11.1. The lowest BCUT2D eigenvalue weighted by atomic mass is 10.2. The Morgan fingerprint density at radius 1 is 1.53 bits per heavy atom. The van der Waals surface area contributed by atoms with Gasteiger partial charge < -0.3 is 14.8 Å². The summed E-state index contributed by atoms with van der Waals surface area (Å²) in [5, 5.41) is 3.47. The Labute approximate surface area is 103 Å². The van der Waals surface area contributed by atoms with E-state index in [1.54, 1.807) is 0 Å². The smallest absolute Gasteiger partial charge is 0.121 e. The summed E-state index contributed by atoms with van der Waals surface area (Å²) in [6.45, 7) is 5.88. The lowest BCUT2D eigenvalue weighted by Crippen LogP contribution is -2.18. The summed E-state index contributed by atoms with van der Waals surface area (Å²) in [5.74, 6) is 0.934. The van der Waals surface area contributed by atoms with Gasteiger partial charge in [-0.3, -0.25) is 0 Å². The van der Waals surface area contributed by atoms with Crippen molar-refractivity contribution in [2.45, 2.75) is 38.8 Å². The minimum atomic E-state index is 0.264. The van der Waals surface area contributed by atoms with Gasteiger partial charge in [-0.1, -0.05) is 13.0 Å². The van der Waals surface area contributed by atoms with E-state index in [2.05, 4.69) is 31.3 Å². The Kier molecular flexibility index (Phi) is 4.26. The molecule has 1 aromatic rings. The van der Waals surface area contributed by atoms with E-state index in [4.69, 9.17) is 9.47 Å². The number of nitrogens with one attached hydrogen (secondary N) is 1. The molecule has 0 bridgehead atoms. The number of hydrogen-bond acceptors (Lipinski definition) is 3. The average molecular weight is 235 g/mol. The second-order valence-corrected chi connectivity index (χ2v) is 4.57. The molecule has 0 spiro atoms. The van der Waals surface area contributed by atoms with Crippen LogP contribution in [0.25, 0.3) is 0 Å². The summed E-state index contributed by atoms with van der Waals surface area (Å²) in [4.78, 5) is 0. The predicted molar refractivity (Wildman–Crippen MR) is 69.7 cm³/mol. The first-order valence-electron chi connectivity index (χ1n) is 6.39. The highest BCUT2D eigenvalue weighted by molar-refractivity contribution is 5.49. The summed E-state index contributed by atoms with van der Waals surface area (Å²) >= 11 is 0. The molecule has 0 aliphatic carbocycles. The van der Waals surface area contributed by atoms with Crippen LogP contribution in [0.3, 0.4) is 0 Å². The molecule has 3 heteroatoms. The molecule has 0 unspecified atom stereocenters. The standard InChI is InChI=1S/C14H21NO2/c1-3-11(2)17-14-6-4-5-12(9-14)15-13-7-8-16-10-13/h4-6,9,11,13,15H,3,7-8,10H2,1-2H3/t11-,13-/m0/s1. The first-order chi connectivity index (χ1) is 8.28. The molecule has 1 N–H and O–H groups in total. The maximum absolute atomic E-state index is 5.80. The Balaban J connectivity index is 1.95. The molecule has 1 heterocycles. The highest BCUT2D eigenvalue weighted by Crippen LogP contribution is 2.21. The lowest BCUT2D eigenvalue weighted by molar-refractivity contribution is 0.195. The van der Waals surface area contributed by atoms with Crippen LogP contribution in [0.5, 0.6) is 5.75 Å². The molecular formula is C14H21NO2. The van der Waals surface area contributed by atoms with Crippen molar-refractivity contribution in [3.05, 3.63) is 24.3 Å². The van der Waals surface area contributed by atoms with E-state index < -0.39 is 0 Å². The first kappa shape index (κ1) is 12.2. The zero-order chi connectivity index (χ0) is 12.1. The van der Waals surface area contributed by atoms with Crippen LogP contribution in [-0.4, -0.2) is 25.4 Å². The molecule has 94 valence electrons. The topological polar surface area (TPSA) is 30.5 Å². The van der Waals surface area contributed by atoms with E-state index in [1.807, 2.05) is 12.1 Å². The monoisotopic (exact) mass is 235 g/mol. The average Bonchev–Trinajstić information content (AvgIpc) is 2.82. The molecule has 1 fully saturated rings. The van der Waals surface area contributed by atoms with Crippen molar-refractivity contribution in [1.82, 2.24) is 0 Å². The van der Waals surface area contributed by atoms with Crippen molar-refractivity contribution in [3.8, 4) is 5.75 Å². The molecule has 1 aromatic carbocycles. The third kappa shape index (κ3) is 3.63. The van der Waals surface area contributed by atoms with E-state index in [1.165, 1.54) is 0 Å². The molecule has 17 heavy (non-hydrogen) atoms. The molecule has 2 rings (SSSR count). The highest BCUT2D eigenvalue weighted by atomic mass is 16.5.